The lowest BCUT2D eigenvalue weighted by molar-refractivity contribution is 0.790. The zero-order chi connectivity index (χ0) is 13.8. The van der Waals surface area contributed by atoms with Crippen molar-refractivity contribution in [1.29, 1.82) is 0 Å². The van der Waals surface area contributed by atoms with Gasteiger partial charge in [-0.3, -0.25) is 0 Å². The zero-order valence-electron chi connectivity index (χ0n) is 12.1. The van der Waals surface area contributed by atoms with Gasteiger partial charge in [-0.15, -0.1) is 0 Å². The van der Waals surface area contributed by atoms with E-state index in [-0.39, 0.29) is 0 Å². The van der Waals surface area contributed by atoms with E-state index >= 15 is 0 Å². The van der Waals surface area contributed by atoms with E-state index in [4.69, 9.17) is 0 Å². The maximum atomic E-state index is 4.66. The van der Waals surface area contributed by atoms with Crippen LogP contribution in [0.1, 0.15) is 16.8 Å². The molecule has 1 aromatic carbocycles. The smallest absolute Gasteiger partial charge is 0.133 e. The minimum atomic E-state index is 0.786. The molecule has 3 heteroatoms. The maximum Gasteiger partial charge on any atom is 0.133 e. The average Bonchev–Trinajstić information content (AvgIpc) is 2.37. The molecule has 0 fully saturated rings. The van der Waals surface area contributed by atoms with Crippen LogP contribution < -0.4 is 10.2 Å². The number of hydrogen-bond donors (Lipinski definition) is 1. The lowest BCUT2D eigenvalue weighted by atomic mass is 10.1. The van der Waals surface area contributed by atoms with E-state index in [0.717, 1.165) is 18.1 Å². The van der Waals surface area contributed by atoms with Gasteiger partial charge in [0.2, 0.25) is 0 Å². The molecule has 0 saturated carbocycles. The molecular formula is C16H21N3. The van der Waals surface area contributed by atoms with Gasteiger partial charge in [-0.1, -0.05) is 12.1 Å². The van der Waals surface area contributed by atoms with Gasteiger partial charge in [0.1, 0.15) is 5.82 Å². The van der Waals surface area contributed by atoms with Crippen LogP contribution in [0.4, 0.5) is 11.5 Å². The van der Waals surface area contributed by atoms with Crippen molar-refractivity contribution in [3.8, 4) is 0 Å². The number of rotatable bonds is 4. The van der Waals surface area contributed by atoms with Crippen LogP contribution in [0.15, 0.2) is 36.4 Å². The third kappa shape index (κ3) is 3.32. The van der Waals surface area contributed by atoms with E-state index in [1.54, 1.807) is 0 Å². The van der Waals surface area contributed by atoms with Crippen LogP contribution in [0.5, 0.6) is 0 Å². The number of nitrogens with one attached hydrogen (secondary N) is 1. The van der Waals surface area contributed by atoms with Crippen molar-refractivity contribution in [2.75, 3.05) is 19.0 Å². The number of aromatic nitrogens is 1. The molecule has 0 aliphatic rings. The van der Waals surface area contributed by atoms with Gasteiger partial charge in [0, 0.05) is 19.3 Å². The predicted octanol–water partition coefficient (Wildman–Crippen LogP) is 3.19. The van der Waals surface area contributed by atoms with Gasteiger partial charge in [0.05, 0.1) is 5.69 Å². The van der Waals surface area contributed by atoms with Crippen molar-refractivity contribution in [2.24, 2.45) is 0 Å². The number of pyridine rings is 1. The van der Waals surface area contributed by atoms with Gasteiger partial charge in [-0.05, 0) is 56.3 Å². The lowest BCUT2D eigenvalue weighted by Crippen LogP contribution is -2.14. The first-order valence-corrected chi connectivity index (χ1v) is 6.52. The Hall–Kier alpha value is -1.87. The highest BCUT2D eigenvalue weighted by Gasteiger charge is 2.07. The van der Waals surface area contributed by atoms with E-state index in [1.807, 2.05) is 25.2 Å². The van der Waals surface area contributed by atoms with Crippen molar-refractivity contribution >= 4 is 11.5 Å². The Morgan fingerprint density at radius 1 is 1.11 bits per heavy atom. The number of anilines is 2. The number of hydrogen-bond acceptors (Lipinski definition) is 3. The topological polar surface area (TPSA) is 28.2 Å². The van der Waals surface area contributed by atoms with Crippen LogP contribution in [0.25, 0.3) is 0 Å². The Kier molecular flexibility index (Phi) is 4.17. The Morgan fingerprint density at radius 2 is 1.79 bits per heavy atom. The van der Waals surface area contributed by atoms with Crippen LogP contribution in [0.2, 0.25) is 0 Å². The van der Waals surface area contributed by atoms with Crippen molar-refractivity contribution in [3.05, 3.63) is 53.2 Å². The summed E-state index contributed by atoms with van der Waals surface area (Å²) < 4.78 is 0. The highest BCUT2D eigenvalue weighted by molar-refractivity contribution is 5.61. The molecule has 0 bridgehead atoms. The predicted molar refractivity (Wildman–Crippen MR) is 81.0 cm³/mol. The van der Waals surface area contributed by atoms with Gasteiger partial charge in [0.15, 0.2) is 0 Å². The Morgan fingerprint density at radius 3 is 2.42 bits per heavy atom. The van der Waals surface area contributed by atoms with E-state index in [0.29, 0.717) is 0 Å². The molecule has 0 unspecified atom stereocenters. The van der Waals surface area contributed by atoms with Crippen molar-refractivity contribution in [1.82, 2.24) is 10.3 Å². The molecule has 2 rings (SSSR count). The molecule has 100 valence electrons. The van der Waals surface area contributed by atoms with E-state index in [9.17, 15) is 0 Å². The second-order valence-electron chi connectivity index (χ2n) is 4.92. The highest BCUT2D eigenvalue weighted by atomic mass is 15.2. The Bertz CT molecular complexity index is 543. The molecule has 1 N–H and O–H groups in total. The summed E-state index contributed by atoms with van der Waals surface area (Å²) in [6.45, 7) is 5.03. The fourth-order valence-electron chi connectivity index (χ4n) is 2.21. The fraction of sp³-hybridized carbons (Fsp3) is 0.312. The summed E-state index contributed by atoms with van der Waals surface area (Å²) in [5, 5.41) is 3.13. The molecule has 1 heterocycles. The van der Waals surface area contributed by atoms with Crippen molar-refractivity contribution < 1.29 is 0 Å². The Balaban J connectivity index is 2.32. The minimum Gasteiger partial charge on any atom is -0.329 e. The van der Waals surface area contributed by atoms with Crippen LogP contribution in [-0.2, 0) is 6.54 Å². The minimum absolute atomic E-state index is 0.786. The van der Waals surface area contributed by atoms with Crippen molar-refractivity contribution in [3.63, 3.8) is 0 Å². The number of aryl methyl sites for hydroxylation is 2. The standard InChI is InChI=1S/C16H21N3/c1-12-8-13(2)10-15(9-12)19(4)16-7-5-6-14(18-16)11-17-3/h5-10,17H,11H2,1-4H3. The van der Waals surface area contributed by atoms with E-state index in [1.165, 1.54) is 16.8 Å². The molecule has 2 aromatic rings. The first kappa shape index (κ1) is 13.6. The van der Waals surface area contributed by atoms with Crippen LogP contribution in [0, 0.1) is 13.8 Å². The summed E-state index contributed by atoms with van der Waals surface area (Å²) in [6, 6.07) is 12.7. The molecule has 3 nitrogen and oxygen atoms in total. The second-order valence-corrected chi connectivity index (χ2v) is 4.92. The zero-order valence-corrected chi connectivity index (χ0v) is 12.1. The highest BCUT2D eigenvalue weighted by Crippen LogP contribution is 2.24. The monoisotopic (exact) mass is 255 g/mol. The van der Waals surface area contributed by atoms with Gasteiger partial charge in [0.25, 0.3) is 0 Å². The Labute approximate surface area is 115 Å². The molecule has 0 amide bonds. The van der Waals surface area contributed by atoms with Crippen LogP contribution >= 0.6 is 0 Å². The molecule has 0 spiro atoms. The van der Waals surface area contributed by atoms with Crippen molar-refractivity contribution in [2.45, 2.75) is 20.4 Å². The average molecular weight is 255 g/mol. The largest absolute Gasteiger partial charge is 0.329 e. The summed E-state index contributed by atoms with van der Waals surface area (Å²) in [7, 11) is 3.99. The van der Waals surface area contributed by atoms with E-state index in [2.05, 4.69) is 54.3 Å². The fourth-order valence-corrected chi connectivity index (χ4v) is 2.21. The summed E-state index contributed by atoms with van der Waals surface area (Å²) in [4.78, 5) is 6.79. The molecule has 0 saturated heterocycles. The van der Waals surface area contributed by atoms with Gasteiger partial charge in [-0.25, -0.2) is 4.98 Å². The molecule has 0 aliphatic carbocycles. The molecular weight excluding hydrogens is 234 g/mol. The summed E-state index contributed by atoms with van der Waals surface area (Å²) >= 11 is 0. The van der Waals surface area contributed by atoms with E-state index < -0.39 is 0 Å². The first-order chi connectivity index (χ1) is 9.10. The lowest BCUT2D eigenvalue weighted by Gasteiger charge is -2.20. The van der Waals surface area contributed by atoms with Gasteiger partial charge >= 0.3 is 0 Å². The molecule has 0 radical (unpaired) electrons. The third-order valence-corrected chi connectivity index (χ3v) is 3.09. The SMILES string of the molecule is CNCc1cccc(N(C)c2cc(C)cc(C)c2)n1. The molecule has 1 aromatic heterocycles. The normalized spacial score (nSPS) is 10.5. The summed E-state index contributed by atoms with van der Waals surface area (Å²) in [5.74, 6) is 0.970. The van der Waals surface area contributed by atoms with Crippen LogP contribution in [0.3, 0.4) is 0 Å². The summed E-state index contributed by atoms with van der Waals surface area (Å²) in [6.07, 6.45) is 0. The van der Waals surface area contributed by atoms with Crippen LogP contribution in [-0.4, -0.2) is 19.1 Å². The molecule has 0 atom stereocenters. The van der Waals surface area contributed by atoms with Gasteiger partial charge in [-0.2, -0.15) is 0 Å². The quantitative estimate of drug-likeness (QED) is 0.909. The summed E-state index contributed by atoms with van der Waals surface area (Å²) in [5.41, 5.74) is 4.77. The molecule has 19 heavy (non-hydrogen) atoms. The molecule has 0 aliphatic heterocycles. The second kappa shape index (κ2) is 5.85. The first-order valence-electron chi connectivity index (χ1n) is 6.52. The van der Waals surface area contributed by atoms with Gasteiger partial charge < -0.3 is 10.2 Å². The maximum absolute atomic E-state index is 4.66. The number of benzene rings is 1. The third-order valence-electron chi connectivity index (χ3n) is 3.09. The number of nitrogens with zero attached hydrogens (tertiary/aromatic N) is 2.